The highest BCUT2D eigenvalue weighted by atomic mass is 15.3. The molecular weight excluding hydrogens is 192 g/mol. The second kappa shape index (κ2) is 2.88. The van der Waals surface area contributed by atoms with Crippen LogP contribution < -0.4 is 0 Å². The van der Waals surface area contributed by atoms with Crippen molar-refractivity contribution in [2.24, 2.45) is 0 Å². The first-order chi connectivity index (χ1) is 7.34. The van der Waals surface area contributed by atoms with Gasteiger partial charge in [0.2, 0.25) is 0 Å². The Hall–Kier alpha value is -2.24. The zero-order valence-electron chi connectivity index (χ0n) is 8.05. The molecule has 0 unspecified atom stereocenters. The largest absolute Gasteiger partial charge is 0.340 e. The SMILES string of the molecule is Cc1ccn(-c2ncnc3nc[nH]c23)n1. The number of aromatic amines is 1. The highest BCUT2D eigenvalue weighted by Gasteiger charge is 2.07. The van der Waals surface area contributed by atoms with Gasteiger partial charge in [-0.25, -0.2) is 19.6 Å². The molecule has 0 aromatic carbocycles. The van der Waals surface area contributed by atoms with E-state index < -0.39 is 0 Å². The van der Waals surface area contributed by atoms with Crippen LogP contribution in [0.15, 0.2) is 24.9 Å². The zero-order chi connectivity index (χ0) is 10.3. The van der Waals surface area contributed by atoms with Gasteiger partial charge in [0.15, 0.2) is 11.5 Å². The van der Waals surface area contributed by atoms with Crippen molar-refractivity contribution in [2.45, 2.75) is 6.92 Å². The van der Waals surface area contributed by atoms with Crippen LogP contribution >= 0.6 is 0 Å². The van der Waals surface area contributed by atoms with Crippen molar-refractivity contribution in [3.8, 4) is 5.82 Å². The van der Waals surface area contributed by atoms with Crippen molar-refractivity contribution in [2.75, 3.05) is 0 Å². The molecule has 1 N–H and O–H groups in total. The van der Waals surface area contributed by atoms with Gasteiger partial charge in [0.1, 0.15) is 11.8 Å². The summed E-state index contributed by atoms with van der Waals surface area (Å²) in [7, 11) is 0. The fourth-order valence-electron chi connectivity index (χ4n) is 1.46. The lowest BCUT2D eigenvalue weighted by molar-refractivity contribution is 0.834. The number of aromatic nitrogens is 6. The van der Waals surface area contributed by atoms with E-state index in [1.807, 2.05) is 19.2 Å². The summed E-state index contributed by atoms with van der Waals surface area (Å²) in [5.74, 6) is 0.714. The molecule has 74 valence electrons. The third kappa shape index (κ3) is 1.18. The molecule has 0 amide bonds. The summed E-state index contributed by atoms with van der Waals surface area (Å²) in [4.78, 5) is 15.3. The van der Waals surface area contributed by atoms with Gasteiger partial charge in [0.05, 0.1) is 12.0 Å². The fourth-order valence-corrected chi connectivity index (χ4v) is 1.46. The van der Waals surface area contributed by atoms with Crippen molar-refractivity contribution < 1.29 is 0 Å². The number of hydrogen-bond acceptors (Lipinski definition) is 4. The van der Waals surface area contributed by atoms with Crippen molar-refractivity contribution in [1.29, 1.82) is 0 Å². The molecular formula is C9H8N6. The summed E-state index contributed by atoms with van der Waals surface area (Å²) < 4.78 is 1.71. The smallest absolute Gasteiger partial charge is 0.182 e. The highest BCUT2D eigenvalue weighted by Crippen LogP contribution is 2.13. The lowest BCUT2D eigenvalue weighted by atomic mass is 10.5. The van der Waals surface area contributed by atoms with Gasteiger partial charge < -0.3 is 4.98 Å². The molecule has 0 saturated carbocycles. The van der Waals surface area contributed by atoms with Gasteiger partial charge in [-0.2, -0.15) is 5.10 Å². The van der Waals surface area contributed by atoms with Gasteiger partial charge in [-0.15, -0.1) is 0 Å². The minimum absolute atomic E-state index is 0.646. The molecule has 0 aliphatic heterocycles. The Bertz CT molecular complexity index is 608. The van der Waals surface area contributed by atoms with E-state index in [0.29, 0.717) is 11.5 Å². The first-order valence-electron chi connectivity index (χ1n) is 4.51. The molecule has 0 bridgehead atoms. The van der Waals surface area contributed by atoms with Gasteiger partial charge in [-0.3, -0.25) is 0 Å². The Morgan fingerprint density at radius 3 is 3.00 bits per heavy atom. The van der Waals surface area contributed by atoms with E-state index in [1.165, 1.54) is 6.33 Å². The van der Waals surface area contributed by atoms with E-state index in [0.717, 1.165) is 11.2 Å². The van der Waals surface area contributed by atoms with Gasteiger partial charge >= 0.3 is 0 Å². The second-order valence-electron chi connectivity index (χ2n) is 3.20. The molecule has 6 heteroatoms. The van der Waals surface area contributed by atoms with Gasteiger partial charge in [-0.05, 0) is 13.0 Å². The summed E-state index contributed by atoms with van der Waals surface area (Å²) in [6.45, 7) is 1.93. The Balaban J connectivity index is 2.30. The molecule has 0 fully saturated rings. The normalized spacial score (nSPS) is 11.0. The predicted octanol–water partition coefficient (Wildman–Crippen LogP) is 0.847. The number of fused-ring (bicyclic) bond motifs is 1. The number of aryl methyl sites for hydroxylation is 1. The van der Waals surface area contributed by atoms with Crippen LogP contribution in [-0.2, 0) is 0 Å². The molecule has 3 heterocycles. The van der Waals surface area contributed by atoms with Crippen molar-refractivity contribution in [3.63, 3.8) is 0 Å². The Morgan fingerprint density at radius 1 is 1.27 bits per heavy atom. The third-order valence-electron chi connectivity index (χ3n) is 2.14. The topological polar surface area (TPSA) is 72.3 Å². The van der Waals surface area contributed by atoms with E-state index >= 15 is 0 Å². The van der Waals surface area contributed by atoms with E-state index in [-0.39, 0.29) is 0 Å². The van der Waals surface area contributed by atoms with E-state index in [9.17, 15) is 0 Å². The van der Waals surface area contributed by atoms with Crippen molar-refractivity contribution >= 4 is 11.2 Å². The number of nitrogens with zero attached hydrogens (tertiary/aromatic N) is 5. The van der Waals surface area contributed by atoms with Gasteiger partial charge in [0.25, 0.3) is 0 Å². The zero-order valence-corrected chi connectivity index (χ0v) is 8.05. The number of nitrogens with one attached hydrogen (secondary N) is 1. The number of H-pyrrole nitrogens is 1. The van der Waals surface area contributed by atoms with Crippen LogP contribution in [0.1, 0.15) is 5.69 Å². The quantitative estimate of drug-likeness (QED) is 0.632. The minimum Gasteiger partial charge on any atom is -0.340 e. The Morgan fingerprint density at radius 2 is 2.20 bits per heavy atom. The van der Waals surface area contributed by atoms with Crippen LogP contribution in [0, 0.1) is 6.92 Å². The first-order valence-corrected chi connectivity index (χ1v) is 4.51. The summed E-state index contributed by atoms with van der Waals surface area (Å²) in [6.07, 6.45) is 4.94. The molecule has 3 rings (SSSR count). The average Bonchev–Trinajstić information content (AvgIpc) is 2.84. The van der Waals surface area contributed by atoms with Crippen LogP contribution in [0.4, 0.5) is 0 Å². The second-order valence-corrected chi connectivity index (χ2v) is 3.20. The summed E-state index contributed by atoms with van der Waals surface area (Å²) >= 11 is 0. The third-order valence-corrected chi connectivity index (χ3v) is 2.14. The summed E-state index contributed by atoms with van der Waals surface area (Å²) in [5, 5.41) is 4.29. The first kappa shape index (κ1) is 8.10. The average molecular weight is 200 g/mol. The monoisotopic (exact) mass is 200 g/mol. The molecule has 0 saturated heterocycles. The number of rotatable bonds is 1. The standard InChI is InChI=1S/C9H8N6/c1-6-2-3-15(14-6)9-7-8(11-4-10-7)12-5-13-9/h2-5H,1H3,(H,10,11,12,13). The predicted molar refractivity (Wildman–Crippen MR) is 53.5 cm³/mol. The lowest BCUT2D eigenvalue weighted by Crippen LogP contribution is -2.00. The van der Waals surface area contributed by atoms with E-state index in [4.69, 9.17) is 0 Å². The minimum atomic E-state index is 0.646. The summed E-state index contributed by atoms with van der Waals surface area (Å²) in [6, 6.07) is 1.92. The Labute approximate surface area is 85.0 Å². The molecule has 3 aromatic rings. The number of hydrogen-bond donors (Lipinski definition) is 1. The maximum absolute atomic E-state index is 4.29. The molecule has 0 radical (unpaired) electrons. The van der Waals surface area contributed by atoms with Crippen LogP contribution in [0.25, 0.3) is 17.0 Å². The lowest BCUT2D eigenvalue weighted by Gasteiger charge is -1.99. The van der Waals surface area contributed by atoms with Crippen molar-refractivity contribution in [1.82, 2.24) is 29.7 Å². The molecule has 0 atom stereocenters. The molecule has 15 heavy (non-hydrogen) atoms. The molecule has 3 aromatic heterocycles. The maximum Gasteiger partial charge on any atom is 0.182 e. The van der Waals surface area contributed by atoms with Gasteiger partial charge in [-0.1, -0.05) is 0 Å². The van der Waals surface area contributed by atoms with E-state index in [2.05, 4.69) is 25.0 Å². The maximum atomic E-state index is 4.29. The molecule has 0 aliphatic rings. The Kier molecular flexibility index (Phi) is 1.55. The number of imidazole rings is 1. The molecule has 0 spiro atoms. The van der Waals surface area contributed by atoms with Gasteiger partial charge in [0, 0.05) is 6.20 Å². The van der Waals surface area contributed by atoms with E-state index in [1.54, 1.807) is 11.0 Å². The van der Waals surface area contributed by atoms with Crippen LogP contribution in [-0.4, -0.2) is 29.7 Å². The van der Waals surface area contributed by atoms with Crippen LogP contribution in [0.5, 0.6) is 0 Å². The van der Waals surface area contributed by atoms with Crippen LogP contribution in [0.3, 0.4) is 0 Å². The molecule has 6 nitrogen and oxygen atoms in total. The highest BCUT2D eigenvalue weighted by molar-refractivity contribution is 5.77. The fraction of sp³-hybridized carbons (Fsp3) is 0.111. The van der Waals surface area contributed by atoms with Crippen molar-refractivity contribution in [3.05, 3.63) is 30.6 Å². The molecule has 0 aliphatic carbocycles. The van der Waals surface area contributed by atoms with Crippen LogP contribution in [0.2, 0.25) is 0 Å². The summed E-state index contributed by atoms with van der Waals surface area (Å²) in [5.41, 5.74) is 2.38.